The second-order valence-corrected chi connectivity index (χ2v) is 4.22. The van der Waals surface area contributed by atoms with E-state index in [1.807, 2.05) is 13.8 Å². The highest BCUT2D eigenvalue weighted by Gasteiger charge is 2.07. The van der Waals surface area contributed by atoms with Crippen molar-refractivity contribution >= 4 is 11.9 Å². The molecule has 0 heterocycles. The van der Waals surface area contributed by atoms with Crippen molar-refractivity contribution in [3.63, 3.8) is 0 Å². The van der Waals surface area contributed by atoms with Gasteiger partial charge in [-0.3, -0.25) is 4.79 Å². The maximum absolute atomic E-state index is 11.4. The Morgan fingerprint density at radius 3 is 2.26 bits per heavy atom. The van der Waals surface area contributed by atoms with Gasteiger partial charge < -0.3 is 14.2 Å². The van der Waals surface area contributed by atoms with E-state index < -0.39 is 5.97 Å². The second kappa shape index (κ2) is 7.41. The number of benzene rings is 1. The standard InChI is InChI=1S/C14H18O5/c1-10(2)19-13(15)8-11-4-6-12(7-5-11)18-9-14(16)17-3/h4-7,10H,8-9H2,1-3H3. The van der Waals surface area contributed by atoms with E-state index in [9.17, 15) is 9.59 Å². The van der Waals surface area contributed by atoms with E-state index in [1.54, 1.807) is 24.3 Å². The maximum atomic E-state index is 11.4. The van der Waals surface area contributed by atoms with Crippen LogP contribution in [0.15, 0.2) is 24.3 Å². The Kier molecular flexibility index (Phi) is 5.85. The molecule has 5 heteroatoms. The number of methoxy groups -OCH3 is 1. The fourth-order valence-electron chi connectivity index (χ4n) is 1.38. The van der Waals surface area contributed by atoms with Gasteiger partial charge in [0.1, 0.15) is 5.75 Å². The maximum Gasteiger partial charge on any atom is 0.343 e. The van der Waals surface area contributed by atoms with Gasteiger partial charge in [-0.15, -0.1) is 0 Å². The molecule has 0 atom stereocenters. The number of hydrogen-bond donors (Lipinski definition) is 0. The van der Waals surface area contributed by atoms with Gasteiger partial charge in [-0.1, -0.05) is 12.1 Å². The van der Waals surface area contributed by atoms with Gasteiger partial charge in [-0.05, 0) is 31.5 Å². The average Bonchev–Trinajstić information content (AvgIpc) is 2.36. The number of carbonyl (C=O) groups is 2. The first-order valence-electron chi connectivity index (χ1n) is 5.99. The first-order valence-corrected chi connectivity index (χ1v) is 5.99. The van der Waals surface area contributed by atoms with Crippen LogP contribution >= 0.6 is 0 Å². The molecule has 1 rings (SSSR count). The molecular weight excluding hydrogens is 248 g/mol. The van der Waals surface area contributed by atoms with Crippen molar-refractivity contribution in [2.75, 3.05) is 13.7 Å². The molecule has 0 aliphatic carbocycles. The summed E-state index contributed by atoms with van der Waals surface area (Å²) < 4.78 is 14.7. The summed E-state index contributed by atoms with van der Waals surface area (Å²) in [5.41, 5.74) is 0.830. The molecule has 0 bridgehead atoms. The Labute approximate surface area is 112 Å². The van der Waals surface area contributed by atoms with Crippen LogP contribution in [-0.2, 0) is 25.5 Å². The third kappa shape index (κ3) is 5.90. The molecule has 0 saturated carbocycles. The van der Waals surface area contributed by atoms with Gasteiger partial charge in [-0.25, -0.2) is 4.79 Å². The Hall–Kier alpha value is -2.04. The fourth-order valence-corrected chi connectivity index (χ4v) is 1.38. The van der Waals surface area contributed by atoms with Crippen molar-refractivity contribution in [1.29, 1.82) is 0 Å². The smallest absolute Gasteiger partial charge is 0.343 e. The van der Waals surface area contributed by atoms with Crippen LogP contribution in [0.2, 0.25) is 0 Å². The Morgan fingerprint density at radius 2 is 1.74 bits per heavy atom. The quantitative estimate of drug-likeness (QED) is 0.734. The van der Waals surface area contributed by atoms with Crippen LogP contribution in [0.25, 0.3) is 0 Å². The Balaban J connectivity index is 2.47. The van der Waals surface area contributed by atoms with Gasteiger partial charge in [-0.2, -0.15) is 0 Å². The molecule has 0 N–H and O–H groups in total. The van der Waals surface area contributed by atoms with Gasteiger partial charge in [0.25, 0.3) is 0 Å². The van der Waals surface area contributed by atoms with Gasteiger partial charge in [0.2, 0.25) is 0 Å². The predicted octanol–water partition coefficient (Wildman–Crippen LogP) is 1.73. The van der Waals surface area contributed by atoms with Crippen molar-refractivity contribution in [3.05, 3.63) is 29.8 Å². The number of esters is 2. The van der Waals surface area contributed by atoms with Crippen molar-refractivity contribution in [2.45, 2.75) is 26.4 Å². The largest absolute Gasteiger partial charge is 0.482 e. The summed E-state index contributed by atoms with van der Waals surface area (Å²) >= 11 is 0. The lowest BCUT2D eigenvalue weighted by atomic mass is 10.1. The molecule has 0 aromatic heterocycles. The third-order valence-corrected chi connectivity index (χ3v) is 2.22. The highest BCUT2D eigenvalue weighted by molar-refractivity contribution is 5.73. The van der Waals surface area contributed by atoms with Crippen LogP contribution in [0, 0.1) is 0 Å². The van der Waals surface area contributed by atoms with Crippen LogP contribution < -0.4 is 4.74 Å². The van der Waals surface area contributed by atoms with Crippen molar-refractivity contribution in [3.8, 4) is 5.75 Å². The second-order valence-electron chi connectivity index (χ2n) is 4.22. The van der Waals surface area contributed by atoms with Gasteiger partial charge in [0, 0.05) is 0 Å². The zero-order chi connectivity index (χ0) is 14.3. The van der Waals surface area contributed by atoms with Crippen molar-refractivity contribution in [1.82, 2.24) is 0 Å². The molecule has 19 heavy (non-hydrogen) atoms. The number of ether oxygens (including phenoxy) is 3. The summed E-state index contributed by atoms with van der Waals surface area (Å²) in [6, 6.07) is 6.91. The van der Waals surface area contributed by atoms with E-state index in [4.69, 9.17) is 9.47 Å². The summed E-state index contributed by atoms with van der Waals surface area (Å²) in [5.74, 6) is -0.158. The van der Waals surface area contributed by atoms with Gasteiger partial charge >= 0.3 is 11.9 Å². The van der Waals surface area contributed by atoms with E-state index in [-0.39, 0.29) is 25.1 Å². The lowest BCUT2D eigenvalue weighted by Gasteiger charge is -2.08. The van der Waals surface area contributed by atoms with E-state index in [2.05, 4.69) is 4.74 Å². The molecule has 0 fully saturated rings. The lowest BCUT2D eigenvalue weighted by Crippen LogP contribution is -2.14. The van der Waals surface area contributed by atoms with Crippen LogP contribution in [-0.4, -0.2) is 31.8 Å². The first-order chi connectivity index (χ1) is 9.01. The molecule has 5 nitrogen and oxygen atoms in total. The van der Waals surface area contributed by atoms with Crippen LogP contribution in [0.1, 0.15) is 19.4 Å². The lowest BCUT2D eigenvalue weighted by molar-refractivity contribution is -0.146. The zero-order valence-electron chi connectivity index (χ0n) is 11.3. The number of carbonyl (C=O) groups excluding carboxylic acids is 2. The summed E-state index contributed by atoms with van der Waals surface area (Å²) in [7, 11) is 1.30. The fraction of sp³-hybridized carbons (Fsp3) is 0.429. The number of rotatable bonds is 6. The minimum absolute atomic E-state index is 0.116. The minimum Gasteiger partial charge on any atom is -0.482 e. The molecule has 0 saturated heterocycles. The summed E-state index contributed by atoms with van der Waals surface area (Å²) in [6.45, 7) is 3.48. The third-order valence-electron chi connectivity index (χ3n) is 2.22. The molecule has 0 radical (unpaired) electrons. The summed E-state index contributed by atoms with van der Waals surface area (Å²) in [4.78, 5) is 22.3. The van der Waals surface area contributed by atoms with E-state index in [0.717, 1.165) is 5.56 Å². The molecule has 1 aromatic rings. The van der Waals surface area contributed by atoms with Crippen LogP contribution in [0.3, 0.4) is 0 Å². The average molecular weight is 266 g/mol. The molecule has 0 aliphatic rings. The van der Waals surface area contributed by atoms with Crippen LogP contribution in [0.4, 0.5) is 0 Å². The summed E-state index contributed by atoms with van der Waals surface area (Å²) in [5, 5.41) is 0. The Morgan fingerprint density at radius 1 is 1.11 bits per heavy atom. The van der Waals surface area contributed by atoms with Crippen molar-refractivity contribution < 1.29 is 23.8 Å². The SMILES string of the molecule is COC(=O)COc1ccc(CC(=O)OC(C)C)cc1. The highest BCUT2D eigenvalue weighted by Crippen LogP contribution is 2.13. The topological polar surface area (TPSA) is 61.8 Å². The molecule has 1 aromatic carbocycles. The normalized spacial score (nSPS) is 10.1. The van der Waals surface area contributed by atoms with Crippen molar-refractivity contribution in [2.24, 2.45) is 0 Å². The minimum atomic E-state index is -0.440. The number of hydrogen-bond acceptors (Lipinski definition) is 5. The molecule has 0 amide bonds. The predicted molar refractivity (Wildman–Crippen MR) is 68.9 cm³/mol. The van der Waals surface area contributed by atoms with Gasteiger partial charge in [0.15, 0.2) is 6.61 Å². The Bertz CT molecular complexity index is 422. The zero-order valence-corrected chi connectivity index (χ0v) is 11.3. The monoisotopic (exact) mass is 266 g/mol. The van der Waals surface area contributed by atoms with E-state index in [1.165, 1.54) is 7.11 Å². The first kappa shape index (κ1) is 15.0. The molecule has 0 spiro atoms. The summed E-state index contributed by atoms with van der Waals surface area (Å²) in [6.07, 6.45) is 0.102. The van der Waals surface area contributed by atoms with Crippen LogP contribution in [0.5, 0.6) is 5.75 Å². The van der Waals surface area contributed by atoms with E-state index >= 15 is 0 Å². The molecule has 104 valence electrons. The van der Waals surface area contributed by atoms with E-state index in [0.29, 0.717) is 5.75 Å². The highest BCUT2D eigenvalue weighted by atomic mass is 16.6. The molecule has 0 aliphatic heterocycles. The van der Waals surface area contributed by atoms with Gasteiger partial charge in [0.05, 0.1) is 19.6 Å². The molecule has 0 unspecified atom stereocenters. The molecular formula is C14H18O5.